The number of hydrogen-bond donors (Lipinski definition) is 1. The topological polar surface area (TPSA) is 50.2 Å². The van der Waals surface area contributed by atoms with Crippen LogP contribution >= 0.6 is 0 Å². The van der Waals surface area contributed by atoms with Crippen LogP contribution in [0.3, 0.4) is 0 Å². The zero-order valence-electron chi connectivity index (χ0n) is 20.6. The number of carbonyl (C=O) groups excluding carboxylic acids is 1. The molecule has 3 aliphatic carbocycles. The summed E-state index contributed by atoms with van der Waals surface area (Å²) in [6.45, 7) is 6.55. The van der Waals surface area contributed by atoms with Crippen molar-refractivity contribution in [2.24, 2.45) is 29.1 Å². The second-order valence-electron chi connectivity index (χ2n) is 11.3. The summed E-state index contributed by atoms with van der Waals surface area (Å²) in [4.78, 5) is 17.0. The molecule has 0 radical (unpaired) electrons. The smallest absolute Gasteiger partial charge is 0.163 e. The summed E-state index contributed by atoms with van der Waals surface area (Å²) in [6, 6.07) is 8.00. The molecule has 1 aromatic heterocycles. The number of pyridine rings is 1. The van der Waals surface area contributed by atoms with Gasteiger partial charge in [0.15, 0.2) is 5.78 Å². The highest BCUT2D eigenvalue weighted by atomic mass is 19.1. The zero-order chi connectivity index (χ0) is 24.0. The van der Waals surface area contributed by atoms with Gasteiger partial charge in [-0.3, -0.25) is 9.78 Å². The van der Waals surface area contributed by atoms with Crippen LogP contribution < -0.4 is 0 Å². The van der Waals surface area contributed by atoms with Crippen molar-refractivity contribution in [1.82, 2.24) is 4.98 Å². The molecule has 0 bridgehead atoms. The average Bonchev–Trinajstić information content (AvgIpc) is 3.18. The van der Waals surface area contributed by atoms with E-state index in [-0.39, 0.29) is 35.5 Å². The van der Waals surface area contributed by atoms with Crippen molar-refractivity contribution < 1.29 is 14.3 Å². The molecule has 1 saturated carbocycles. The summed E-state index contributed by atoms with van der Waals surface area (Å²) in [6.07, 6.45) is 11.2. The Kier molecular flexibility index (Phi) is 6.22. The minimum Gasteiger partial charge on any atom is -0.396 e. The highest BCUT2D eigenvalue weighted by Gasteiger charge is 2.52. The van der Waals surface area contributed by atoms with Gasteiger partial charge in [-0.1, -0.05) is 39.0 Å². The lowest BCUT2D eigenvalue weighted by Crippen LogP contribution is -2.41. The molecule has 1 N–H and O–H groups in total. The molecule has 0 saturated heterocycles. The lowest BCUT2D eigenvalue weighted by atomic mass is 9.54. The molecule has 4 heteroatoms. The van der Waals surface area contributed by atoms with Gasteiger partial charge >= 0.3 is 0 Å². The molecule has 0 unspecified atom stereocenters. The third kappa shape index (κ3) is 3.94. The monoisotopic (exact) mass is 461 g/mol. The first-order valence-corrected chi connectivity index (χ1v) is 12.9. The van der Waals surface area contributed by atoms with Crippen LogP contribution in [-0.4, -0.2) is 22.5 Å². The Morgan fingerprint density at radius 2 is 2.06 bits per heavy atom. The molecule has 3 aliphatic rings. The van der Waals surface area contributed by atoms with Gasteiger partial charge in [0, 0.05) is 24.8 Å². The van der Waals surface area contributed by atoms with Gasteiger partial charge in [0.05, 0.1) is 6.20 Å². The summed E-state index contributed by atoms with van der Waals surface area (Å²) in [5.41, 5.74) is 5.84. The number of ketones is 1. The first-order valence-electron chi connectivity index (χ1n) is 12.9. The third-order valence-corrected chi connectivity index (χ3v) is 9.27. The summed E-state index contributed by atoms with van der Waals surface area (Å²) in [5, 5.41) is 9.64. The fourth-order valence-corrected chi connectivity index (χ4v) is 7.20. The molecule has 0 amide bonds. The fourth-order valence-electron chi connectivity index (χ4n) is 7.20. The summed E-state index contributed by atoms with van der Waals surface area (Å²) in [7, 11) is 0. The van der Waals surface area contributed by atoms with Crippen molar-refractivity contribution >= 4 is 11.4 Å². The molecule has 0 aliphatic heterocycles. The highest BCUT2D eigenvalue weighted by molar-refractivity contribution is 5.96. The van der Waals surface area contributed by atoms with E-state index in [1.54, 1.807) is 6.07 Å². The van der Waals surface area contributed by atoms with E-state index in [9.17, 15) is 14.3 Å². The molecular formula is C30H36FNO2. The van der Waals surface area contributed by atoms with Gasteiger partial charge in [0.25, 0.3) is 0 Å². The number of aliphatic hydroxyl groups excluding tert-OH is 1. The van der Waals surface area contributed by atoms with Gasteiger partial charge in [0.2, 0.25) is 0 Å². The van der Waals surface area contributed by atoms with Crippen molar-refractivity contribution in [1.29, 1.82) is 0 Å². The predicted octanol–water partition coefficient (Wildman–Crippen LogP) is 6.61. The number of aryl methyl sites for hydroxylation is 1. The van der Waals surface area contributed by atoms with Crippen LogP contribution in [0, 0.1) is 34.9 Å². The number of aromatic nitrogens is 1. The second-order valence-corrected chi connectivity index (χ2v) is 11.3. The van der Waals surface area contributed by atoms with E-state index in [2.05, 4.69) is 44.0 Å². The number of rotatable bonds is 6. The van der Waals surface area contributed by atoms with E-state index in [4.69, 9.17) is 0 Å². The van der Waals surface area contributed by atoms with Crippen molar-refractivity contribution in [2.75, 3.05) is 6.61 Å². The number of aliphatic hydroxyl groups is 1. The van der Waals surface area contributed by atoms with Gasteiger partial charge in [-0.05, 0) is 102 Å². The molecule has 180 valence electrons. The Balaban J connectivity index is 1.36. The molecule has 1 fully saturated rings. The van der Waals surface area contributed by atoms with Gasteiger partial charge in [0.1, 0.15) is 5.82 Å². The SMILES string of the molecule is CC(C)[C@H](CO)CC(=O)c1ccc2c(c1)CC[C@@H]1[C@@H]2CC[C@]2(C)C(c3cncc(F)c3)=CC[C@@H]12. The standard InChI is InChI=1S/C30H36FNO2/c1-18(2)22(17-33)14-29(34)20-5-6-24-19(12-20)4-7-26-25(24)10-11-30(3)27(8-9-28(26)30)21-13-23(31)16-32-15-21/h5-6,8,12-13,15-16,18,22,25-26,28,33H,4,7,9-11,14,17H2,1-3H3/t22-,25+,26+,28-,30+/m0/s1. The van der Waals surface area contributed by atoms with Crippen LogP contribution in [0.4, 0.5) is 4.39 Å². The number of hydrogen-bond acceptors (Lipinski definition) is 3. The van der Waals surface area contributed by atoms with Crippen LogP contribution in [0.5, 0.6) is 0 Å². The number of halogens is 1. The molecule has 0 spiro atoms. The molecule has 34 heavy (non-hydrogen) atoms. The van der Waals surface area contributed by atoms with E-state index in [0.29, 0.717) is 24.2 Å². The van der Waals surface area contributed by atoms with Crippen molar-refractivity contribution in [3.05, 3.63) is 70.8 Å². The quantitative estimate of drug-likeness (QED) is 0.493. The van der Waals surface area contributed by atoms with E-state index < -0.39 is 0 Å². The number of benzene rings is 1. The average molecular weight is 462 g/mol. The van der Waals surface area contributed by atoms with Crippen LogP contribution in [-0.2, 0) is 6.42 Å². The van der Waals surface area contributed by atoms with Crippen molar-refractivity contribution in [3.8, 4) is 0 Å². The summed E-state index contributed by atoms with van der Waals surface area (Å²) in [5.74, 6) is 1.89. The largest absolute Gasteiger partial charge is 0.396 e. The first-order chi connectivity index (χ1) is 16.3. The lowest BCUT2D eigenvalue weighted by molar-refractivity contribution is 0.0881. The number of Topliss-reactive ketones (excluding diaryl/α,β-unsaturated/α-hetero) is 1. The molecule has 3 nitrogen and oxygen atoms in total. The number of allylic oxidation sites excluding steroid dienone is 2. The normalized spacial score (nSPS) is 28.6. The van der Waals surface area contributed by atoms with Gasteiger partial charge in [-0.15, -0.1) is 0 Å². The van der Waals surface area contributed by atoms with Gasteiger partial charge in [-0.2, -0.15) is 0 Å². The zero-order valence-corrected chi connectivity index (χ0v) is 20.6. The Morgan fingerprint density at radius 1 is 1.24 bits per heavy atom. The van der Waals surface area contributed by atoms with Crippen molar-refractivity contribution in [3.63, 3.8) is 0 Å². The number of fused-ring (bicyclic) bond motifs is 5. The van der Waals surface area contributed by atoms with E-state index in [1.807, 2.05) is 12.3 Å². The summed E-state index contributed by atoms with van der Waals surface area (Å²) >= 11 is 0. The maximum absolute atomic E-state index is 13.9. The Morgan fingerprint density at radius 3 is 2.79 bits per heavy atom. The fraction of sp³-hybridized carbons (Fsp3) is 0.533. The van der Waals surface area contributed by atoms with Crippen LogP contribution in [0.1, 0.15) is 85.8 Å². The van der Waals surface area contributed by atoms with E-state index >= 15 is 0 Å². The second kappa shape index (κ2) is 9.03. The molecule has 2 aromatic rings. The first kappa shape index (κ1) is 23.4. The Labute approximate surface area is 202 Å². The highest BCUT2D eigenvalue weighted by Crippen LogP contribution is 2.63. The predicted molar refractivity (Wildman–Crippen MR) is 133 cm³/mol. The molecular weight excluding hydrogens is 425 g/mol. The molecule has 1 aromatic carbocycles. The maximum Gasteiger partial charge on any atom is 0.163 e. The van der Waals surface area contributed by atoms with E-state index in [0.717, 1.165) is 43.2 Å². The molecule has 5 atom stereocenters. The van der Waals surface area contributed by atoms with E-state index in [1.165, 1.54) is 22.9 Å². The minimum absolute atomic E-state index is 0.0151. The van der Waals surface area contributed by atoms with Crippen LogP contribution in [0.2, 0.25) is 0 Å². The Bertz CT molecular complexity index is 1120. The maximum atomic E-state index is 13.9. The Hall–Kier alpha value is -2.33. The number of carbonyl (C=O) groups is 1. The minimum atomic E-state index is -0.269. The number of nitrogens with zero attached hydrogens (tertiary/aromatic N) is 1. The third-order valence-electron chi connectivity index (χ3n) is 9.27. The van der Waals surface area contributed by atoms with Crippen molar-refractivity contribution in [2.45, 2.75) is 65.2 Å². The lowest BCUT2D eigenvalue weighted by Gasteiger charge is -2.50. The van der Waals surface area contributed by atoms with Crippen LogP contribution in [0.25, 0.3) is 5.57 Å². The van der Waals surface area contributed by atoms with Crippen LogP contribution in [0.15, 0.2) is 42.7 Å². The van der Waals surface area contributed by atoms with Gasteiger partial charge in [-0.25, -0.2) is 4.39 Å². The molecule has 1 heterocycles. The summed E-state index contributed by atoms with van der Waals surface area (Å²) < 4.78 is 13.9. The molecule has 5 rings (SSSR count). The van der Waals surface area contributed by atoms with Gasteiger partial charge < -0.3 is 5.11 Å².